The van der Waals surface area contributed by atoms with Gasteiger partial charge in [-0.3, -0.25) is 14.7 Å². The zero-order chi connectivity index (χ0) is 17.6. The van der Waals surface area contributed by atoms with Gasteiger partial charge in [-0.2, -0.15) is 0 Å². The molecule has 0 saturated heterocycles. The lowest BCUT2D eigenvalue weighted by Crippen LogP contribution is -2.20. The minimum Gasteiger partial charge on any atom is -0.491 e. The summed E-state index contributed by atoms with van der Waals surface area (Å²) in [6.07, 6.45) is 3.83. The van der Waals surface area contributed by atoms with Crippen LogP contribution >= 0.6 is 0 Å². The number of fused-ring (bicyclic) bond motifs is 1. The zero-order valence-corrected chi connectivity index (χ0v) is 14.1. The van der Waals surface area contributed by atoms with Gasteiger partial charge >= 0.3 is 0 Å². The Bertz CT molecular complexity index is 799. The van der Waals surface area contributed by atoms with Gasteiger partial charge in [0.1, 0.15) is 17.0 Å². The number of anilines is 1. The summed E-state index contributed by atoms with van der Waals surface area (Å²) in [5, 5.41) is 10.2. The number of nitrogens with one attached hydrogen (secondary N) is 1. The number of hydrogen-bond donors (Lipinski definition) is 2. The van der Waals surface area contributed by atoms with Crippen LogP contribution in [0.1, 0.15) is 6.42 Å². The molecule has 0 fully saturated rings. The molecule has 2 heterocycles. The van der Waals surface area contributed by atoms with Crippen molar-refractivity contribution in [2.45, 2.75) is 6.42 Å². The van der Waals surface area contributed by atoms with Gasteiger partial charge in [-0.15, -0.1) is 5.23 Å². The number of hydrogen-bond acceptors (Lipinski definition) is 7. The normalized spacial score (nSPS) is 11.0. The van der Waals surface area contributed by atoms with Crippen LogP contribution in [0.2, 0.25) is 0 Å². The lowest BCUT2D eigenvalue weighted by molar-refractivity contribution is -0.0442. The van der Waals surface area contributed by atoms with Gasteiger partial charge in [-0.25, -0.2) is 4.98 Å². The first-order valence-electron chi connectivity index (χ1n) is 7.83. The Morgan fingerprint density at radius 3 is 2.64 bits per heavy atom. The number of ether oxygens (including phenoxy) is 1. The third kappa shape index (κ3) is 3.71. The summed E-state index contributed by atoms with van der Waals surface area (Å²) < 4.78 is 5.79. The Kier molecular flexibility index (Phi) is 5.44. The number of H-pyrrole nitrogens is 1. The molecule has 0 unspecified atom stereocenters. The Labute approximate surface area is 144 Å². The van der Waals surface area contributed by atoms with Gasteiger partial charge in [0.2, 0.25) is 0 Å². The predicted octanol–water partition coefficient (Wildman–Crippen LogP) is 2.32. The molecule has 0 aliphatic heterocycles. The maximum absolute atomic E-state index is 8.97. The Morgan fingerprint density at radius 1 is 1.12 bits per heavy atom. The van der Waals surface area contributed by atoms with E-state index in [1.807, 2.05) is 24.3 Å². The van der Waals surface area contributed by atoms with Crippen LogP contribution in [0, 0.1) is 0 Å². The number of aromatic amines is 1. The molecule has 132 valence electrons. The van der Waals surface area contributed by atoms with Crippen molar-refractivity contribution in [3.63, 3.8) is 0 Å². The van der Waals surface area contributed by atoms with Crippen molar-refractivity contribution in [1.82, 2.24) is 15.0 Å². The molecule has 3 rings (SSSR count). The minimum atomic E-state index is 0.0622. The summed E-state index contributed by atoms with van der Waals surface area (Å²) >= 11 is 0. The maximum atomic E-state index is 8.97. The van der Waals surface area contributed by atoms with E-state index in [4.69, 9.17) is 19.5 Å². The smallest absolute Gasteiger partial charge is 0.156 e. The van der Waals surface area contributed by atoms with Crippen LogP contribution in [-0.4, -0.2) is 47.5 Å². The van der Waals surface area contributed by atoms with Crippen molar-refractivity contribution >= 4 is 16.9 Å². The number of aromatic nitrogens is 3. The Hall–Kier alpha value is -2.68. The first-order valence-corrected chi connectivity index (χ1v) is 7.83. The van der Waals surface area contributed by atoms with E-state index in [1.54, 1.807) is 12.4 Å². The van der Waals surface area contributed by atoms with E-state index in [0.717, 1.165) is 22.4 Å². The van der Waals surface area contributed by atoms with E-state index < -0.39 is 0 Å². The molecule has 0 atom stereocenters. The largest absolute Gasteiger partial charge is 0.491 e. The molecule has 1 aromatic carbocycles. The maximum Gasteiger partial charge on any atom is 0.156 e. The average molecular weight is 344 g/mol. The molecule has 0 aliphatic rings. The van der Waals surface area contributed by atoms with Gasteiger partial charge in [0, 0.05) is 36.7 Å². The Morgan fingerprint density at radius 2 is 1.92 bits per heavy atom. The highest BCUT2D eigenvalue weighted by atomic mass is 16.9. The standard InChI is InChI=1S/C17H20N4O4/c1-23-21(24-2)15-5-4-12(10-16(15)25-9-3-8-22)13-11-14-17(20-13)19-7-6-18-14/h4-7,10-11,22H,3,8-9H2,1-2H3,(H,19,20). The van der Waals surface area contributed by atoms with E-state index in [-0.39, 0.29) is 6.61 Å². The van der Waals surface area contributed by atoms with Gasteiger partial charge in [0.25, 0.3) is 0 Å². The van der Waals surface area contributed by atoms with E-state index in [9.17, 15) is 0 Å². The highest BCUT2D eigenvalue weighted by Crippen LogP contribution is 2.34. The van der Waals surface area contributed by atoms with Gasteiger partial charge in [-0.05, 0) is 18.2 Å². The fourth-order valence-corrected chi connectivity index (χ4v) is 2.47. The number of nitrogens with zero attached hydrogens (tertiary/aromatic N) is 3. The molecule has 25 heavy (non-hydrogen) atoms. The van der Waals surface area contributed by atoms with Crippen molar-refractivity contribution < 1.29 is 19.5 Å². The molecule has 0 saturated carbocycles. The molecule has 0 aliphatic carbocycles. The molecular weight excluding hydrogens is 324 g/mol. The highest BCUT2D eigenvalue weighted by Gasteiger charge is 2.15. The van der Waals surface area contributed by atoms with E-state index in [2.05, 4.69) is 15.0 Å². The second-order valence-electron chi connectivity index (χ2n) is 5.20. The van der Waals surface area contributed by atoms with Crippen molar-refractivity contribution in [3.8, 4) is 17.0 Å². The second kappa shape index (κ2) is 7.93. The topological polar surface area (TPSA) is 92.7 Å². The van der Waals surface area contributed by atoms with Crippen LogP contribution in [0.5, 0.6) is 5.75 Å². The fraction of sp³-hybridized carbons (Fsp3) is 0.294. The van der Waals surface area contributed by atoms with E-state index in [1.165, 1.54) is 19.4 Å². The predicted molar refractivity (Wildman–Crippen MR) is 93.0 cm³/mol. The zero-order valence-electron chi connectivity index (χ0n) is 14.1. The quantitative estimate of drug-likeness (QED) is 0.478. The van der Waals surface area contributed by atoms with Crippen molar-refractivity contribution in [1.29, 1.82) is 0 Å². The molecule has 8 heteroatoms. The van der Waals surface area contributed by atoms with Crippen LogP contribution in [0.15, 0.2) is 36.7 Å². The van der Waals surface area contributed by atoms with Crippen LogP contribution in [0.4, 0.5) is 5.69 Å². The second-order valence-corrected chi connectivity index (χ2v) is 5.20. The molecule has 0 radical (unpaired) electrons. The summed E-state index contributed by atoms with van der Waals surface area (Å²) in [7, 11) is 3.01. The number of aliphatic hydroxyl groups is 1. The first kappa shape index (κ1) is 17.2. The van der Waals surface area contributed by atoms with Gasteiger partial charge in [0.05, 0.1) is 20.8 Å². The first-order chi connectivity index (χ1) is 12.3. The molecule has 0 amide bonds. The summed E-state index contributed by atoms with van der Waals surface area (Å²) in [5.74, 6) is 0.578. The van der Waals surface area contributed by atoms with Crippen molar-refractivity contribution in [2.24, 2.45) is 0 Å². The number of rotatable bonds is 8. The molecule has 8 nitrogen and oxygen atoms in total. The van der Waals surface area contributed by atoms with Gasteiger partial charge in [0.15, 0.2) is 5.65 Å². The third-order valence-electron chi connectivity index (χ3n) is 3.62. The van der Waals surface area contributed by atoms with E-state index >= 15 is 0 Å². The molecule has 2 N–H and O–H groups in total. The van der Waals surface area contributed by atoms with Crippen LogP contribution in [0.25, 0.3) is 22.4 Å². The summed E-state index contributed by atoms with van der Waals surface area (Å²) in [6, 6.07) is 7.56. The molecule has 0 spiro atoms. The van der Waals surface area contributed by atoms with Crippen LogP contribution in [-0.2, 0) is 9.68 Å². The monoisotopic (exact) mass is 344 g/mol. The lowest BCUT2D eigenvalue weighted by Gasteiger charge is -2.21. The summed E-state index contributed by atoms with van der Waals surface area (Å²) in [4.78, 5) is 22.1. The van der Waals surface area contributed by atoms with Crippen molar-refractivity contribution in [3.05, 3.63) is 36.7 Å². The molecular formula is C17H20N4O4. The highest BCUT2D eigenvalue weighted by molar-refractivity contribution is 5.80. The van der Waals surface area contributed by atoms with Crippen LogP contribution < -0.4 is 9.96 Å². The average Bonchev–Trinajstić information content (AvgIpc) is 3.08. The molecule has 3 aromatic rings. The number of aliphatic hydroxyl groups excluding tert-OH is 1. The molecule has 0 bridgehead atoms. The van der Waals surface area contributed by atoms with Crippen molar-refractivity contribution in [2.75, 3.05) is 32.7 Å². The fourth-order valence-electron chi connectivity index (χ4n) is 2.47. The van der Waals surface area contributed by atoms with Gasteiger partial charge in [-0.1, -0.05) is 6.07 Å². The minimum absolute atomic E-state index is 0.0622. The third-order valence-corrected chi connectivity index (χ3v) is 3.62. The summed E-state index contributed by atoms with van der Waals surface area (Å²) in [5.41, 5.74) is 3.93. The number of benzene rings is 1. The lowest BCUT2D eigenvalue weighted by atomic mass is 10.1. The van der Waals surface area contributed by atoms with Gasteiger partial charge < -0.3 is 14.8 Å². The summed E-state index contributed by atoms with van der Waals surface area (Å²) in [6.45, 7) is 0.441. The van der Waals surface area contributed by atoms with E-state index in [0.29, 0.717) is 24.5 Å². The Balaban J connectivity index is 1.98. The molecule has 2 aromatic heterocycles. The van der Waals surface area contributed by atoms with Crippen LogP contribution in [0.3, 0.4) is 0 Å². The SMILES string of the molecule is CON(OC)c1ccc(-c2cc3nccnc3[nH]2)cc1OCCCO.